The topological polar surface area (TPSA) is 29.1 Å². The summed E-state index contributed by atoms with van der Waals surface area (Å²) in [6, 6.07) is 10.7. The number of halogens is 4. The molecule has 0 unspecified atom stereocenters. The molecule has 0 heterocycles. The van der Waals surface area contributed by atoms with Crippen LogP contribution < -0.4 is 5.32 Å². The van der Waals surface area contributed by atoms with Gasteiger partial charge >= 0.3 is 0 Å². The molecule has 6 heteroatoms. The SMILES string of the molecule is O=C(Nc1ccc(Br)cc1Cl)c1ccc(Br)cc1Br. The first-order chi connectivity index (χ1) is 8.97. The summed E-state index contributed by atoms with van der Waals surface area (Å²) in [4.78, 5) is 12.2. The van der Waals surface area contributed by atoms with Crippen LogP contribution in [0.4, 0.5) is 5.69 Å². The van der Waals surface area contributed by atoms with E-state index in [1.54, 1.807) is 18.2 Å². The fraction of sp³-hybridized carbons (Fsp3) is 0. The van der Waals surface area contributed by atoms with E-state index in [4.69, 9.17) is 11.6 Å². The molecule has 2 aromatic rings. The second kappa shape index (κ2) is 6.39. The van der Waals surface area contributed by atoms with Crippen molar-refractivity contribution in [3.63, 3.8) is 0 Å². The number of carbonyl (C=O) groups excluding carboxylic acids is 1. The van der Waals surface area contributed by atoms with Crippen molar-refractivity contribution in [3.05, 3.63) is 60.4 Å². The minimum atomic E-state index is -0.219. The fourth-order valence-corrected chi connectivity index (χ4v) is 3.40. The van der Waals surface area contributed by atoms with Crippen molar-refractivity contribution in [1.82, 2.24) is 0 Å². The number of hydrogen-bond acceptors (Lipinski definition) is 1. The Balaban J connectivity index is 2.25. The van der Waals surface area contributed by atoms with Crippen molar-refractivity contribution in [1.29, 1.82) is 0 Å². The average molecular weight is 468 g/mol. The van der Waals surface area contributed by atoms with Crippen LogP contribution in [-0.4, -0.2) is 5.91 Å². The van der Waals surface area contributed by atoms with Crippen LogP contribution in [0, 0.1) is 0 Å². The van der Waals surface area contributed by atoms with E-state index in [-0.39, 0.29) is 5.91 Å². The van der Waals surface area contributed by atoms with Crippen LogP contribution in [0.25, 0.3) is 0 Å². The van der Waals surface area contributed by atoms with Gasteiger partial charge in [-0.2, -0.15) is 0 Å². The second-order valence-corrected chi connectivity index (χ2v) is 6.80. The largest absolute Gasteiger partial charge is 0.321 e. The Labute approximate surface area is 140 Å². The van der Waals surface area contributed by atoms with Gasteiger partial charge in [0.15, 0.2) is 0 Å². The molecule has 0 aliphatic heterocycles. The number of nitrogens with one attached hydrogen (secondary N) is 1. The maximum atomic E-state index is 12.2. The Morgan fingerprint density at radius 1 is 1.00 bits per heavy atom. The minimum Gasteiger partial charge on any atom is -0.321 e. The zero-order valence-electron chi connectivity index (χ0n) is 9.38. The molecule has 19 heavy (non-hydrogen) atoms. The lowest BCUT2D eigenvalue weighted by atomic mass is 10.2. The molecule has 0 aliphatic carbocycles. The van der Waals surface area contributed by atoms with E-state index in [2.05, 4.69) is 53.1 Å². The van der Waals surface area contributed by atoms with Gasteiger partial charge in [-0.1, -0.05) is 43.5 Å². The predicted molar refractivity (Wildman–Crippen MR) is 88.9 cm³/mol. The molecule has 0 saturated carbocycles. The summed E-state index contributed by atoms with van der Waals surface area (Å²) >= 11 is 16.1. The smallest absolute Gasteiger partial charge is 0.256 e. The fourth-order valence-electron chi connectivity index (χ4n) is 1.45. The number of hydrogen-bond donors (Lipinski definition) is 1. The molecule has 0 saturated heterocycles. The molecule has 0 atom stereocenters. The van der Waals surface area contributed by atoms with E-state index < -0.39 is 0 Å². The van der Waals surface area contributed by atoms with Gasteiger partial charge in [0.1, 0.15) is 0 Å². The van der Waals surface area contributed by atoms with Crippen molar-refractivity contribution >= 4 is 71.0 Å². The number of anilines is 1. The van der Waals surface area contributed by atoms with Gasteiger partial charge in [-0.3, -0.25) is 4.79 Å². The maximum absolute atomic E-state index is 12.2. The molecule has 1 N–H and O–H groups in total. The van der Waals surface area contributed by atoms with E-state index in [1.165, 1.54) is 0 Å². The first-order valence-electron chi connectivity index (χ1n) is 5.19. The molecule has 0 fully saturated rings. The molecule has 2 rings (SSSR count). The van der Waals surface area contributed by atoms with Crippen LogP contribution >= 0.6 is 59.4 Å². The first-order valence-corrected chi connectivity index (χ1v) is 7.94. The summed E-state index contributed by atoms with van der Waals surface area (Å²) in [5.74, 6) is -0.219. The van der Waals surface area contributed by atoms with Gasteiger partial charge in [-0.05, 0) is 52.3 Å². The summed E-state index contributed by atoms with van der Waals surface area (Å²) < 4.78 is 2.48. The van der Waals surface area contributed by atoms with Crippen LogP contribution in [0.15, 0.2) is 49.8 Å². The molecule has 0 radical (unpaired) electrons. The monoisotopic (exact) mass is 465 g/mol. The maximum Gasteiger partial charge on any atom is 0.256 e. The Morgan fingerprint density at radius 3 is 2.26 bits per heavy atom. The van der Waals surface area contributed by atoms with Crippen LogP contribution in [0.3, 0.4) is 0 Å². The zero-order valence-corrected chi connectivity index (χ0v) is 14.9. The molecule has 2 aromatic carbocycles. The van der Waals surface area contributed by atoms with Crippen molar-refractivity contribution in [3.8, 4) is 0 Å². The third kappa shape index (κ3) is 3.81. The third-order valence-electron chi connectivity index (χ3n) is 2.36. The van der Waals surface area contributed by atoms with Crippen molar-refractivity contribution in [2.24, 2.45) is 0 Å². The van der Waals surface area contributed by atoms with Gasteiger partial charge in [-0.25, -0.2) is 0 Å². The lowest BCUT2D eigenvalue weighted by molar-refractivity contribution is 0.102. The molecule has 0 aromatic heterocycles. The lowest BCUT2D eigenvalue weighted by Gasteiger charge is -2.09. The van der Waals surface area contributed by atoms with Crippen LogP contribution in [-0.2, 0) is 0 Å². The van der Waals surface area contributed by atoms with Gasteiger partial charge < -0.3 is 5.32 Å². The normalized spacial score (nSPS) is 10.3. The molecule has 0 aliphatic rings. The zero-order chi connectivity index (χ0) is 14.0. The number of benzene rings is 2. The standard InChI is InChI=1S/C13H7Br3ClNO/c14-7-1-3-9(10(16)5-7)13(19)18-12-4-2-8(15)6-11(12)17/h1-6H,(H,18,19). The van der Waals surface area contributed by atoms with Crippen molar-refractivity contribution in [2.45, 2.75) is 0 Å². The van der Waals surface area contributed by atoms with E-state index in [0.717, 1.165) is 8.95 Å². The van der Waals surface area contributed by atoms with Gasteiger partial charge in [0.05, 0.1) is 16.3 Å². The van der Waals surface area contributed by atoms with Crippen molar-refractivity contribution in [2.75, 3.05) is 5.32 Å². The van der Waals surface area contributed by atoms with E-state index in [0.29, 0.717) is 20.7 Å². The highest BCUT2D eigenvalue weighted by molar-refractivity contribution is 9.11. The third-order valence-corrected chi connectivity index (χ3v) is 4.31. The van der Waals surface area contributed by atoms with Crippen LogP contribution in [0.2, 0.25) is 5.02 Å². The predicted octanol–water partition coefficient (Wildman–Crippen LogP) is 5.88. The molecule has 98 valence electrons. The highest BCUT2D eigenvalue weighted by atomic mass is 79.9. The van der Waals surface area contributed by atoms with Crippen LogP contribution in [0.1, 0.15) is 10.4 Å². The Morgan fingerprint density at radius 2 is 1.63 bits per heavy atom. The Kier molecular flexibility index (Phi) is 5.06. The molecule has 0 bridgehead atoms. The molecular weight excluding hydrogens is 461 g/mol. The summed E-state index contributed by atoms with van der Waals surface area (Å²) in [7, 11) is 0. The van der Waals surface area contributed by atoms with E-state index in [1.807, 2.05) is 18.2 Å². The average Bonchev–Trinajstić information content (AvgIpc) is 2.32. The number of carbonyl (C=O) groups is 1. The van der Waals surface area contributed by atoms with E-state index in [9.17, 15) is 4.79 Å². The summed E-state index contributed by atoms with van der Waals surface area (Å²) in [5, 5.41) is 3.26. The molecular formula is C13H7Br3ClNO. The molecule has 2 nitrogen and oxygen atoms in total. The number of rotatable bonds is 2. The van der Waals surface area contributed by atoms with Crippen LogP contribution in [0.5, 0.6) is 0 Å². The Hall–Kier alpha value is -0.360. The Bertz CT molecular complexity index is 646. The minimum absolute atomic E-state index is 0.219. The van der Waals surface area contributed by atoms with E-state index >= 15 is 0 Å². The second-order valence-electron chi connectivity index (χ2n) is 3.70. The lowest BCUT2D eigenvalue weighted by Crippen LogP contribution is -2.12. The van der Waals surface area contributed by atoms with Gasteiger partial charge in [-0.15, -0.1) is 0 Å². The first kappa shape index (κ1) is 15.0. The summed E-state index contributed by atoms with van der Waals surface area (Å²) in [6.45, 7) is 0. The molecule has 1 amide bonds. The van der Waals surface area contributed by atoms with Gasteiger partial charge in [0.2, 0.25) is 0 Å². The van der Waals surface area contributed by atoms with Gasteiger partial charge in [0, 0.05) is 13.4 Å². The summed E-state index contributed by atoms with van der Waals surface area (Å²) in [5.41, 5.74) is 1.12. The number of amides is 1. The quantitative estimate of drug-likeness (QED) is 0.586. The molecule has 0 spiro atoms. The van der Waals surface area contributed by atoms with Gasteiger partial charge in [0.25, 0.3) is 5.91 Å². The highest BCUT2D eigenvalue weighted by Crippen LogP contribution is 2.27. The van der Waals surface area contributed by atoms with Crippen molar-refractivity contribution < 1.29 is 4.79 Å². The summed E-state index contributed by atoms with van der Waals surface area (Å²) in [6.07, 6.45) is 0. The highest BCUT2D eigenvalue weighted by Gasteiger charge is 2.12.